The highest BCUT2D eigenvalue weighted by molar-refractivity contribution is 5.71. The monoisotopic (exact) mass is 247 g/mol. The van der Waals surface area contributed by atoms with E-state index >= 15 is 0 Å². The van der Waals surface area contributed by atoms with E-state index in [4.69, 9.17) is 9.47 Å². The van der Waals surface area contributed by atoms with Crippen molar-refractivity contribution in [3.63, 3.8) is 0 Å². The van der Waals surface area contributed by atoms with Gasteiger partial charge in [-0.2, -0.15) is 0 Å². The van der Waals surface area contributed by atoms with Crippen molar-refractivity contribution in [2.45, 2.75) is 12.1 Å². The van der Waals surface area contributed by atoms with Crippen molar-refractivity contribution >= 4 is 11.0 Å². The summed E-state index contributed by atoms with van der Waals surface area (Å²) in [6, 6.07) is 3.39. The highest BCUT2D eigenvalue weighted by atomic mass is 16.5. The molecule has 0 radical (unpaired) electrons. The van der Waals surface area contributed by atoms with Gasteiger partial charge < -0.3 is 9.47 Å². The van der Waals surface area contributed by atoms with Gasteiger partial charge in [0.15, 0.2) is 5.52 Å². The van der Waals surface area contributed by atoms with Crippen LogP contribution in [0.5, 0.6) is 0 Å². The van der Waals surface area contributed by atoms with Crippen LogP contribution in [0.25, 0.3) is 11.0 Å². The molecule has 2 atom stereocenters. The van der Waals surface area contributed by atoms with Gasteiger partial charge in [-0.1, -0.05) is 0 Å². The molecule has 0 aliphatic carbocycles. The lowest BCUT2D eigenvalue weighted by molar-refractivity contribution is 0.0679. The largest absolute Gasteiger partial charge is 0.377 e. The Labute approximate surface area is 103 Å². The molecular weight excluding hydrogens is 234 g/mol. The van der Waals surface area contributed by atoms with Crippen molar-refractivity contribution < 1.29 is 9.47 Å². The molecule has 1 saturated heterocycles. The van der Waals surface area contributed by atoms with Crippen LogP contribution >= 0.6 is 0 Å². The Kier molecular flexibility index (Phi) is 2.81. The summed E-state index contributed by atoms with van der Waals surface area (Å²) in [5, 5.41) is 0. The van der Waals surface area contributed by atoms with Gasteiger partial charge in [0.1, 0.15) is 6.10 Å². The summed E-state index contributed by atoms with van der Waals surface area (Å²) in [5.41, 5.74) is 0.825. The first-order chi connectivity index (χ1) is 8.81. The Morgan fingerprint density at radius 3 is 3.17 bits per heavy atom. The van der Waals surface area contributed by atoms with Crippen LogP contribution in [0.2, 0.25) is 0 Å². The molecule has 6 nitrogen and oxygen atoms in total. The molecule has 2 aromatic heterocycles. The third-order valence-corrected chi connectivity index (χ3v) is 3.20. The molecule has 2 aromatic rings. The number of nitrogens with zero attached hydrogens (tertiary/aromatic N) is 3. The maximum absolute atomic E-state index is 12.3. The highest BCUT2D eigenvalue weighted by Gasteiger charge is 2.30. The quantitative estimate of drug-likeness (QED) is 0.767. The third kappa shape index (κ3) is 1.70. The normalized spacial score (nSPS) is 23.6. The molecule has 0 N–H and O–H groups in total. The van der Waals surface area contributed by atoms with Gasteiger partial charge in [0.05, 0.1) is 31.1 Å². The molecular formula is C12H13N3O3. The van der Waals surface area contributed by atoms with E-state index in [-0.39, 0.29) is 17.7 Å². The highest BCUT2D eigenvalue weighted by Crippen LogP contribution is 2.20. The Bertz CT molecular complexity index is 625. The molecule has 0 amide bonds. The van der Waals surface area contributed by atoms with E-state index in [1.807, 2.05) is 0 Å². The number of pyridine rings is 1. The summed E-state index contributed by atoms with van der Waals surface area (Å²) in [5.74, 6) is 0. The second kappa shape index (κ2) is 4.47. The van der Waals surface area contributed by atoms with Crippen molar-refractivity contribution in [3.8, 4) is 0 Å². The van der Waals surface area contributed by atoms with Gasteiger partial charge in [0, 0.05) is 13.3 Å². The molecule has 0 saturated carbocycles. The Morgan fingerprint density at radius 1 is 1.44 bits per heavy atom. The van der Waals surface area contributed by atoms with Crippen LogP contribution < -0.4 is 5.56 Å². The fourth-order valence-corrected chi connectivity index (χ4v) is 2.21. The molecule has 3 heterocycles. The summed E-state index contributed by atoms with van der Waals surface area (Å²) in [4.78, 5) is 20.7. The Morgan fingerprint density at radius 2 is 2.33 bits per heavy atom. The van der Waals surface area contributed by atoms with Crippen LogP contribution in [0.1, 0.15) is 6.04 Å². The standard InChI is InChI=1S/C12H13N3O3/c1-17-10-6-18-5-9(10)15-7-14-8-3-2-4-13-11(8)12(15)16/h2-4,7,9-10H,5-6H2,1H3/t9-,10-/m0/s1. The number of hydrogen-bond acceptors (Lipinski definition) is 5. The SMILES string of the molecule is CO[C@H]1COC[C@@H]1n1cnc2cccnc2c1=O. The van der Waals surface area contributed by atoms with E-state index in [1.165, 1.54) is 6.33 Å². The molecule has 1 fully saturated rings. The third-order valence-electron chi connectivity index (χ3n) is 3.20. The summed E-state index contributed by atoms with van der Waals surface area (Å²) in [7, 11) is 1.62. The zero-order chi connectivity index (χ0) is 12.5. The molecule has 6 heteroatoms. The lowest BCUT2D eigenvalue weighted by atomic mass is 10.2. The van der Waals surface area contributed by atoms with Crippen LogP contribution in [0.3, 0.4) is 0 Å². The summed E-state index contributed by atoms with van der Waals surface area (Å²) < 4.78 is 12.2. The Hall–Kier alpha value is -1.79. The molecule has 0 spiro atoms. The number of fused-ring (bicyclic) bond motifs is 1. The van der Waals surface area contributed by atoms with Gasteiger partial charge in [0.2, 0.25) is 0 Å². The van der Waals surface area contributed by atoms with E-state index in [9.17, 15) is 4.79 Å². The molecule has 1 aliphatic heterocycles. The summed E-state index contributed by atoms with van der Waals surface area (Å²) in [6.07, 6.45) is 3.01. The van der Waals surface area contributed by atoms with E-state index in [1.54, 1.807) is 30.0 Å². The molecule has 94 valence electrons. The second-order valence-corrected chi connectivity index (χ2v) is 4.21. The zero-order valence-corrected chi connectivity index (χ0v) is 9.94. The molecule has 0 bridgehead atoms. The summed E-state index contributed by atoms with van der Waals surface area (Å²) >= 11 is 0. The zero-order valence-electron chi connectivity index (χ0n) is 9.94. The molecule has 0 aromatic carbocycles. The lowest BCUT2D eigenvalue weighted by Gasteiger charge is -2.18. The maximum atomic E-state index is 12.3. The number of ether oxygens (including phenoxy) is 2. The minimum atomic E-state index is -0.154. The van der Waals surface area contributed by atoms with E-state index in [0.717, 1.165) is 0 Å². The predicted octanol–water partition coefficient (Wildman–Crippen LogP) is 0.378. The smallest absolute Gasteiger partial charge is 0.280 e. The van der Waals surface area contributed by atoms with Crippen molar-refractivity contribution in [2.24, 2.45) is 0 Å². The molecule has 3 rings (SSSR count). The van der Waals surface area contributed by atoms with Crippen LogP contribution in [0.4, 0.5) is 0 Å². The van der Waals surface area contributed by atoms with Gasteiger partial charge in [-0.05, 0) is 12.1 Å². The first kappa shape index (κ1) is 11.3. The predicted molar refractivity (Wildman–Crippen MR) is 64.5 cm³/mol. The van der Waals surface area contributed by atoms with Crippen molar-refractivity contribution in [1.82, 2.24) is 14.5 Å². The van der Waals surface area contributed by atoms with Gasteiger partial charge in [-0.3, -0.25) is 9.36 Å². The second-order valence-electron chi connectivity index (χ2n) is 4.21. The van der Waals surface area contributed by atoms with Gasteiger partial charge in [0.25, 0.3) is 5.56 Å². The maximum Gasteiger partial charge on any atom is 0.280 e. The molecule has 18 heavy (non-hydrogen) atoms. The van der Waals surface area contributed by atoms with Gasteiger partial charge >= 0.3 is 0 Å². The van der Waals surface area contributed by atoms with E-state index < -0.39 is 0 Å². The van der Waals surface area contributed by atoms with Crippen molar-refractivity contribution in [3.05, 3.63) is 35.0 Å². The molecule has 0 unspecified atom stereocenters. The van der Waals surface area contributed by atoms with Crippen molar-refractivity contribution in [2.75, 3.05) is 20.3 Å². The van der Waals surface area contributed by atoms with Crippen LogP contribution in [0.15, 0.2) is 29.5 Å². The average molecular weight is 247 g/mol. The number of aromatic nitrogens is 3. The summed E-state index contributed by atoms with van der Waals surface area (Å²) in [6.45, 7) is 0.951. The minimum Gasteiger partial charge on any atom is -0.377 e. The van der Waals surface area contributed by atoms with Crippen LogP contribution in [0, 0.1) is 0 Å². The first-order valence-corrected chi connectivity index (χ1v) is 5.73. The number of hydrogen-bond donors (Lipinski definition) is 0. The van der Waals surface area contributed by atoms with Gasteiger partial charge in [-0.15, -0.1) is 0 Å². The van der Waals surface area contributed by atoms with E-state index in [2.05, 4.69) is 9.97 Å². The van der Waals surface area contributed by atoms with Crippen molar-refractivity contribution in [1.29, 1.82) is 0 Å². The lowest BCUT2D eigenvalue weighted by Crippen LogP contribution is -2.33. The fraction of sp³-hybridized carbons (Fsp3) is 0.417. The Balaban J connectivity index is 2.13. The topological polar surface area (TPSA) is 66.2 Å². The number of methoxy groups -OCH3 is 1. The van der Waals surface area contributed by atoms with E-state index in [0.29, 0.717) is 24.2 Å². The number of rotatable bonds is 2. The first-order valence-electron chi connectivity index (χ1n) is 5.73. The van der Waals surface area contributed by atoms with Gasteiger partial charge in [-0.25, -0.2) is 9.97 Å². The minimum absolute atomic E-state index is 0.120. The fourth-order valence-electron chi connectivity index (χ4n) is 2.21. The average Bonchev–Trinajstić information content (AvgIpc) is 2.88. The molecule has 1 aliphatic rings. The van der Waals surface area contributed by atoms with Crippen LogP contribution in [-0.2, 0) is 9.47 Å². The van der Waals surface area contributed by atoms with Crippen LogP contribution in [-0.4, -0.2) is 41.0 Å².